The molecule has 31 heavy (non-hydrogen) atoms. The Bertz CT molecular complexity index is 900. The van der Waals surface area contributed by atoms with Crippen molar-refractivity contribution in [2.45, 2.75) is 20.0 Å². The summed E-state index contributed by atoms with van der Waals surface area (Å²) in [5.74, 6) is 0.846. The highest BCUT2D eigenvalue weighted by Crippen LogP contribution is 2.51. The van der Waals surface area contributed by atoms with E-state index in [1.165, 1.54) is 0 Å². The van der Waals surface area contributed by atoms with E-state index in [4.69, 9.17) is 13.8 Å². The predicted molar refractivity (Wildman–Crippen MR) is 122 cm³/mol. The van der Waals surface area contributed by atoms with Gasteiger partial charge in [0.25, 0.3) is 5.91 Å². The molecule has 1 fully saturated rings. The first-order chi connectivity index (χ1) is 15.0. The van der Waals surface area contributed by atoms with E-state index < -0.39 is 7.60 Å². The molecule has 0 unspecified atom stereocenters. The highest BCUT2D eigenvalue weighted by molar-refractivity contribution is 7.53. The number of nitrogens with zero attached hydrogens (tertiary/aromatic N) is 2. The standard InChI is InChI=1S/C23H31N2O5P/c1-4-29-31(27,30-5-2)18-19-10-12-20(13-11-19)23(26)25-16-14-24(15-17-25)21-8-6-7-9-22(21)28-3/h6-13H,4-5,14-18H2,1-3H3. The number of carbonyl (C=O) groups excluding carboxylic acids is 1. The van der Waals surface area contributed by atoms with Gasteiger partial charge in [-0.1, -0.05) is 24.3 Å². The molecule has 1 aliphatic heterocycles. The lowest BCUT2D eigenvalue weighted by atomic mass is 10.1. The van der Waals surface area contributed by atoms with Crippen molar-refractivity contribution < 1.29 is 23.1 Å². The molecule has 8 heteroatoms. The maximum Gasteiger partial charge on any atom is 0.335 e. The highest BCUT2D eigenvalue weighted by Gasteiger charge is 2.26. The van der Waals surface area contributed by atoms with Gasteiger partial charge in [0.05, 0.1) is 32.2 Å². The summed E-state index contributed by atoms with van der Waals surface area (Å²) in [4.78, 5) is 17.1. The first-order valence-electron chi connectivity index (χ1n) is 10.6. The molecule has 0 bridgehead atoms. The highest BCUT2D eigenvalue weighted by atomic mass is 31.2. The van der Waals surface area contributed by atoms with Crippen molar-refractivity contribution in [3.8, 4) is 5.75 Å². The number of rotatable bonds is 9. The van der Waals surface area contributed by atoms with E-state index in [0.717, 1.165) is 30.1 Å². The monoisotopic (exact) mass is 446 g/mol. The molecule has 0 aliphatic carbocycles. The number of anilines is 1. The Labute approximate surface area is 184 Å². The molecule has 7 nitrogen and oxygen atoms in total. The van der Waals surface area contributed by atoms with Crippen molar-refractivity contribution in [2.75, 3.05) is 51.4 Å². The van der Waals surface area contributed by atoms with E-state index in [1.807, 2.05) is 41.3 Å². The molecular formula is C23H31N2O5P. The minimum atomic E-state index is -3.16. The fourth-order valence-electron chi connectivity index (χ4n) is 3.72. The van der Waals surface area contributed by atoms with Crippen LogP contribution in [0.25, 0.3) is 0 Å². The van der Waals surface area contributed by atoms with Crippen LogP contribution in [-0.4, -0.2) is 57.3 Å². The van der Waals surface area contributed by atoms with Crippen molar-refractivity contribution in [2.24, 2.45) is 0 Å². The molecule has 0 atom stereocenters. The zero-order valence-corrected chi connectivity index (χ0v) is 19.3. The number of amides is 1. The van der Waals surface area contributed by atoms with E-state index in [2.05, 4.69) is 4.90 Å². The van der Waals surface area contributed by atoms with Crippen LogP contribution in [0.1, 0.15) is 29.8 Å². The Morgan fingerprint density at radius 3 is 2.13 bits per heavy atom. The average molecular weight is 446 g/mol. The summed E-state index contributed by atoms with van der Waals surface area (Å²) in [5.41, 5.74) is 2.49. The van der Waals surface area contributed by atoms with Gasteiger partial charge >= 0.3 is 7.60 Å². The first kappa shape index (κ1) is 23.3. The maximum absolute atomic E-state index is 12.9. The minimum absolute atomic E-state index is 0.00373. The van der Waals surface area contributed by atoms with Crippen LogP contribution < -0.4 is 9.64 Å². The fourth-order valence-corrected chi connectivity index (χ4v) is 5.42. The van der Waals surface area contributed by atoms with Crippen molar-refractivity contribution in [1.82, 2.24) is 4.90 Å². The largest absolute Gasteiger partial charge is 0.495 e. The SMILES string of the molecule is CCOP(=O)(Cc1ccc(C(=O)N2CCN(c3ccccc3OC)CC2)cc1)OCC. The summed E-state index contributed by atoms with van der Waals surface area (Å²) in [6.45, 7) is 7.02. The third-order valence-corrected chi connectivity index (χ3v) is 7.28. The Morgan fingerprint density at radius 2 is 1.55 bits per heavy atom. The van der Waals surface area contributed by atoms with Gasteiger partial charge in [-0.25, -0.2) is 0 Å². The molecule has 0 N–H and O–H groups in total. The van der Waals surface area contributed by atoms with E-state index in [-0.39, 0.29) is 12.1 Å². The third-order valence-electron chi connectivity index (χ3n) is 5.22. The predicted octanol–water partition coefficient (Wildman–Crippen LogP) is 4.42. The van der Waals surface area contributed by atoms with Crippen LogP contribution in [0.15, 0.2) is 48.5 Å². The van der Waals surface area contributed by atoms with Gasteiger partial charge in [0, 0.05) is 31.7 Å². The second kappa shape index (κ2) is 10.8. The Kier molecular flexibility index (Phi) is 8.13. The van der Waals surface area contributed by atoms with Gasteiger partial charge in [0.1, 0.15) is 5.75 Å². The molecule has 2 aromatic rings. The van der Waals surface area contributed by atoms with Crippen molar-refractivity contribution in [1.29, 1.82) is 0 Å². The summed E-state index contributed by atoms with van der Waals surface area (Å²) in [6, 6.07) is 15.1. The number of methoxy groups -OCH3 is 1. The Hall–Kier alpha value is -2.34. The number of piperazine rings is 1. The van der Waals surface area contributed by atoms with E-state index in [1.54, 1.807) is 33.1 Å². The molecule has 3 rings (SSSR count). The lowest BCUT2D eigenvalue weighted by molar-refractivity contribution is 0.0746. The van der Waals surface area contributed by atoms with Crippen molar-refractivity contribution in [3.63, 3.8) is 0 Å². The Balaban J connectivity index is 1.60. The number of hydrogen-bond donors (Lipinski definition) is 0. The Morgan fingerprint density at radius 1 is 0.935 bits per heavy atom. The molecule has 0 aromatic heterocycles. The summed E-state index contributed by atoms with van der Waals surface area (Å²) in [6.07, 6.45) is 0.195. The normalized spacial score (nSPS) is 14.5. The van der Waals surface area contributed by atoms with Gasteiger partial charge in [-0.3, -0.25) is 9.36 Å². The van der Waals surface area contributed by atoms with Crippen LogP contribution in [0.5, 0.6) is 5.75 Å². The molecule has 168 valence electrons. The minimum Gasteiger partial charge on any atom is -0.495 e. The van der Waals surface area contributed by atoms with Gasteiger partial charge in [0.15, 0.2) is 0 Å². The second-order valence-electron chi connectivity index (χ2n) is 7.25. The number of benzene rings is 2. The molecule has 1 saturated heterocycles. The third kappa shape index (κ3) is 5.88. The number of ether oxygens (including phenoxy) is 1. The van der Waals surface area contributed by atoms with Gasteiger partial charge < -0.3 is 23.6 Å². The van der Waals surface area contributed by atoms with Gasteiger partial charge in [0.2, 0.25) is 0 Å². The molecule has 2 aromatic carbocycles. The average Bonchev–Trinajstić information content (AvgIpc) is 2.79. The van der Waals surface area contributed by atoms with Crippen LogP contribution in [0, 0.1) is 0 Å². The second-order valence-corrected chi connectivity index (χ2v) is 9.31. The molecule has 0 saturated carbocycles. The van der Waals surface area contributed by atoms with Crippen LogP contribution in [0.2, 0.25) is 0 Å². The topological polar surface area (TPSA) is 68.3 Å². The van der Waals surface area contributed by atoms with Crippen LogP contribution >= 0.6 is 7.60 Å². The summed E-state index contributed by atoms with van der Waals surface area (Å²) in [7, 11) is -1.49. The summed E-state index contributed by atoms with van der Waals surface area (Å²) < 4.78 is 28.9. The van der Waals surface area contributed by atoms with Crippen LogP contribution in [-0.2, 0) is 19.8 Å². The molecule has 0 spiro atoms. The smallest absolute Gasteiger partial charge is 0.335 e. The van der Waals surface area contributed by atoms with Gasteiger partial charge in [-0.15, -0.1) is 0 Å². The van der Waals surface area contributed by atoms with Crippen molar-refractivity contribution >= 4 is 19.2 Å². The quantitative estimate of drug-likeness (QED) is 0.531. The summed E-state index contributed by atoms with van der Waals surface area (Å²) in [5, 5.41) is 0. The van der Waals surface area contributed by atoms with E-state index in [9.17, 15) is 9.36 Å². The molecule has 1 heterocycles. The molecule has 1 amide bonds. The lowest BCUT2D eigenvalue weighted by Gasteiger charge is -2.36. The maximum atomic E-state index is 12.9. The van der Waals surface area contributed by atoms with E-state index in [0.29, 0.717) is 31.9 Å². The lowest BCUT2D eigenvalue weighted by Crippen LogP contribution is -2.48. The number of carbonyl (C=O) groups is 1. The number of hydrogen-bond acceptors (Lipinski definition) is 6. The molecular weight excluding hydrogens is 415 g/mol. The zero-order chi connectivity index (χ0) is 22.3. The molecule has 0 radical (unpaired) electrons. The van der Waals surface area contributed by atoms with E-state index >= 15 is 0 Å². The van der Waals surface area contributed by atoms with Gasteiger partial charge in [-0.2, -0.15) is 0 Å². The fraction of sp³-hybridized carbons (Fsp3) is 0.435. The van der Waals surface area contributed by atoms with Crippen LogP contribution in [0.3, 0.4) is 0 Å². The first-order valence-corrected chi connectivity index (χ1v) is 12.4. The van der Waals surface area contributed by atoms with Crippen LogP contribution in [0.4, 0.5) is 5.69 Å². The summed E-state index contributed by atoms with van der Waals surface area (Å²) >= 11 is 0. The molecule has 1 aliphatic rings. The zero-order valence-electron chi connectivity index (χ0n) is 18.5. The van der Waals surface area contributed by atoms with Gasteiger partial charge in [-0.05, 0) is 43.7 Å². The number of para-hydroxylation sites is 2. The van der Waals surface area contributed by atoms with Crippen molar-refractivity contribution in [3.05, 3.63) is 59.7 Å².